The number of aromatic nitrogens is 2. The normalized spacial score (nSPS) is 25.7. The summed E-state index contributed by atoms with van der Waals surface area (Å²) in [5.41, 5.74) is 21.2. The Morgan fingerprint density at radius 2 is 1.08 bits per heavy atom. The number of ketones is 1. The maximum absolute atomic E-state index is 15.7. The quantitative estimate of drug-likeness (QED) is 0.0478. The Kier molecular flexibility index (Phi) is 36.5. The van der Waals surface area contributed by atoms with Crippen LogP contribution in [0.15, 0.2) is 85.2 Å². The number of aliphatic hydroxyl groups is 1. The van der Waals surface area contributed by atoms with Gasteiger partial charge in [-0.05, 0) is 118 Å². The maximum Gasteiger partial charge on any atom is 0.246 e. The molecule has 0 aliphatic carbocycles. The molecule has 0 spiro atoms. The molecule has 2 aromatic heterocycles. The summed E-state index contributed by atoms with van der Waals surface area (Å²) in [7, 11) is 4.16. The number of unbranched alkanes of at least 4 members (excludes halogenated alkanes) is 2. The molecule has 36 nitrogen and oxygen atoms in total. The summed E-state index contributed by atoms with van der Waals surface area (Å²) in [5.74, 6) is -13.9. The Morgan fingerprint density at radius 3 is 1.69 bits per heavy atom. The Bertz CT molecular complexity index is 4530. The lowest BCUT2D eigenvalue weighted by atomic mass is 9.90. The Labute approximate surface area is 716 Å². The fraction of sp³-hybridized carbons (Fsp3) is 0.575. The van der Waals surface area contributed by atoms with E-state index < -0.39 is 199 Å². The van der Waals surface area contributed by atoms with Crippen molar-refractivity contribution in [2.45, 2.75) is 236 Å². The standard InChI is InChI=1S/C87H126N18O18/c1-11-13-24-69-81(116)96-63(36-49(3)4)78(113)91-33-35-123-48-75(110)94-65(38-52-27-29-56(106)30-28-52)83(118)101(8)51(7)76(111)97-67(43-74(90)109)85(120)104-34-19-26-70(104)82(117)100-68(44-89)80(115)98-64(37-50(5)6)86(121)105-47-57(107)42-72(105)73(108)41-53(39-54-45-92-60-22-17-15-20-58(54)60)77(112)95-62(31-32-88)79(114)99-66(40-55-46-93-61-23-18-16-21-59(55)61)84(119)103(10)71(25-14-12-2)87(122)102(69)9/h15-18,20-23,27-30,45-46,49-51,53,57,62-72,92-93,106-107H,11-14,19,24-26,31-44,47-48,88-89H2,1-10H3,(H2,90,109)(H,91,113)(H,94,110)(H,95,112)(H,96,116)(H,97,111)(H,98,115)(H,99,114)(H,100,117)/t51-,53+,57+,62-,63-,64-,65-,66-,67-,68-,69-,70-,71-,72-/m0/s1. The molecule has 0 saturated carbocycles. The number of likely N-dealkylation sites (N-methyl/N-ethyl adjacent to an activating group) is 3. The zero-order valence-electron chi connectivity index (χ0n) is 72.2. The van der Waals surface area contributed by atoms with Crippen molar-refractivity contribution in [3.63, 3.8) is 0 Å². The third-order valence-corrected chi connectivity index (χ3v) is 23.1. The number of ether oxygens (including phenoxy) is 1. The van der Waals surface area contributed by atoms with E-state index in [0.29, 0.717) is 53.3 Å². The third kappa shape index (κ3) is 26.6. The number of Topliss-reactive ketones (excluding diaryl/α,β-unsaturated/α-hetero) is 1. The summed E-state index contributed by atoms with van der Waals surface area (Å²) in [6.07, 6.45) is 2.60. The summed E-state index contributed by atoms with van der Waals surface area (Å²) in [4.78, 5) is 233. The smallest absolute Gasteiger partial charge is 0.246 e. The molecular formula is C87H126N18O18. The number of amides is 14. The fourth-order valence-electron chi connectivity index (χ4n) is 16.1. The number of carbonyl (C=O) groups is 15. The lowest BCUT2D eigenvalue weighted by molar-refractivity contribution is -0.149. The van der Waals surface area contributed by atoms with Gasteiger partial charge in [0.05, 0.1) is 25.2 Å². The first kappa shape index (κ1) is 97.1. The average Bonchev–Trinajstić information content (AvgIpc) is 1.66. The van der Waals surface area contributed by atoms with Crippen molar-refractivity contribution in [1.82, 2.24) is 77.0 Å². The van der Waals surface area contributed by atoms with Crippen molar-refractivity contribution in [3.8, 4) is 5.75 Å². The van der Waals surface area contributed by atoms with E-state index >= 15 is 28.8 Å². The van der Waals surface area contributed by atoms with Crippen LogP contribution in [0.3, 0.4) is 0 Å². The molecule has 3 saturated heterocycles. The maximum atomic E-state index is 15.7. The number of nitrogens with zero attached hydrogens (tertiary/aromatic N) is 5. The second kappa shape index (κ2) is 46.2. The van der Waals surface area contributed by atoms with Gasteiger partial charge in [0.25, 0.3) is 0 Å². The second-order valence-corrected chi connectivity index (χ2v) is 33.4. The molecule has 0 radical (unpaired) electrons. The van der Waals surface area contributed by atoms with Crippen molar-refractivity contribution in [2.75, 3.05) is 67.1 Å². The van der Waals surface area contributed by atoms with Crippen LogP contribution in [0.5, 0.6) is 5.75 Å². The number of phenolic OH excluding ortho intramolecular Hbond substituents is 1. The molecule has 14 amide bonds. The van der Waals surface area contributed by atoms with Gasteiger partial charge in [0, 0.05) is 113 Å². The van der Waals surface area contributed by atoms with Crippen LogP contribution in [0.4, 0.5) is 0 Å². The first-order valence-corrected chi connectivity index (χ1v) is 42.7. The number of aromatic hydroxyl groups is 1. The lowest BCUT2D eigenvalue weighted by Gasteiger charge is -2.36. The van der Waals surface area contributed by atoms with Gasteiger partial charge in [0.2, 0.25) is 82.7 Å². The van der Waals surface area contributed by atoms with Crippen molar-refractivity contribution < 1.29 is 86.9 Å². The monoisotopic (exact) mass is 1710 g/mol. The number of aliphatic hydroxyl groups excluding tert-OH is 1. The zero-order valence-corrected chi connectivity index (χ0v) is 72.2. The van der Waals surface area contributed by atoms with Crippen LogP contribution in [0.1, 0.15) is 155 Å². The highest BCUT2D eigenvalue weighted by Crippen LogP contribution is 2.30. The summed E-state index contributed by atoms with van der Waals surface area (Å²) in [6.45, 7) is 10.1. The number of para-hydroxylation sites is 2. The molecule has 672 valence electrons. The lowest BCUT2D eigenvalue weighted by Crippen LogP contribution is -2.61. The Balaban J connectivity index is 1.15. The Hall–Kier alpha value is -11.4. The number of nitrogens with two attached hydrogens (primary N) is 3. The molecule has 3 fully saturated rings. The highest BCUT2D eigenvalue weighted by molar-refractivity contribution is 6.02. The zero-order chi connectivity index (χ0) is 90.1. The molecule has 14 atom stereocenters. The number of fused-ring (bicyclic) bond motifs is 4. The molecule has 123 heavy (non-hydrogen) atoms. The van der Waals surface area contributed by atoms with Gasteiger partial charge >= 0.3 is 0 Å². The molecular weight excluding hydrogens is 1590 g/mol. The van der Waals surface area contributed by atoms with E-state index in [4.69, 9.17) is 21.9 Å². The highest BCUT2D eigenvalue weighted by atomic mass is 16.5. The molecule has 3 aliphatic heterocycles. The van der Waals surface area contributed by atoms with E-state index in [2.05, 4.69) is 52.5 Å². The van der Waals surface area contributed by atoms with E-state index in [1.54, 1.807) is 32.3 Å². The molecule has 36 heteroatoms. The van der Waals surface area contributed by atoms with Crippen LogP contribution in [-0.4, -0.2) is 279 Å². The van der Waals surface area contributed by atoms with E-state index in [-0.39, 0.29) is 121 Å². The average molecular weight is 1710 g/mol. The van der Waals surface area contributed by atoms with Crippen LogP contribution in [0.2, 0.25) is 0 Å². The third-order valence-electron chi connectivity index (χ3n) is 23.1. The van der Waals surface area contributed by atoms with Crippen molar-refractivity contribution in [1.29, 1.82) is 0 Å². The predicted octanol–water partition coefficient (Wildman–Crippen LogP) is 0.607. The topological polar surface area (TPSA) is 528 Å². The van der Waals surface area contributed by atoms with Gasteiger partial charge in [-0.15, -0.1) is 0 Å². The second-order valence-electron chi connectivity index (χ2n) is 33.4. The van der Waals surface area contributed by atoms with Gasteiger partial charge in [-0.25, -0.2) is 0 Å². The summed E-state index contributed by atoms with van der Waals surface area (Å²) in [6, 6.07) is 3.66. The van der Waals surface area contributed by atoms with Crippen LogP contribution in [0.25, 0.3) is 21.8 Å². The molecule has 3 aromatic carbocycles. The van der Waals surface area contributed by atoms with Crippen molar-refractivity contribution >= 4 is 110 Å². The number of hydrogen-bond donors (Lipinski definition) is 15. The molecule has 0 bridgehead atoms. The SMILES string of the molecule is CCCC[C@H]1C(=O)N(C)[C@@H](CCCC)C(=O)N[C@@H](CC(C)C)C(=O)NCCOCC(=O)N[C@@H](Cc2ccc(O)cc2)C(=O)N(C)[C@@H](C)C(=O)N[C@@H](CC(N)=O)C(=O)N2CCC[C@H]2C(=O)N[C@@H](CN)C(=O)N[C@@H](CC(C)C)C(=O)N2C[C@H](O)C[C@H]2C(=O)C[C@@H](Cc2c[nH]c3ccccc23)C(=O)N[C@@H](CCN)C(=O)N[C@@H](Cc2c[nH]c3ccccc23)C(=O)N1C. The van der Waals surface area contributed by atoms with Gasteiger partial charge in [0.15, 0.2) is 5.78 Å². The van der Waals surface area contributed by atoms with Gasteiger partial charge < -0.3 is 109 Å². The number of H-pyrrole nitrogens is 2. The van der Waals surface area contributed by atoms with E-state index in [0.717, 1.165) is 25.6 Å². The van der Waals surface area contributed by atoms with Crippen LogP contribution in [-0.2, 0) is 95.9 Å². The van der Waals surface area contributed by atoms with Crippen LogP contribution in [0, 0.1) is 17.8 Å². The number of carbonyl (C=O) groups excluding carboxylic acids is 15. The fourth-order valence-corrected chi connectivity index (χ4v) is 16.1. The van der Waals surface area contributed by atoms with Crippen molar-refractivity contribution in [3.05, 3.63) is 102 Å². The first-order valence-electron chi connectivity index (χ1n) is 42.7. The van der Waals surface area contributed by atoms with Gasteiger partial charge in [0.1, 0.15) is 78.8 Å². The van der Waals surface area contributed by atoms with Gasteiger partial charge in [-0.1, -0.05) is 116 Å². The van der Waals surface area contributed by atoms with Gasteiger partial charge in [-0.2, -0.15) is 0 Å². The number of primary amides is 1. The minimum Gasteiger partial charge on any atom is -0.508 e. The van der Waals surface area contributed by atoms with Crippen LogP contribution < -0.4 is 59.7 Å². The Morgan fingerprint density at radius 1 is 0.545 bits per heavy atom. The van der Waals surface area contributed by atoms with Crippen molar-refractivity contribution in [2.24, 2.45) is 35.0 Å². The first-order chi connectivity index (χ1) is 58.6. The molecule has 18 N–H and O–H groups in total. The molecule has 8 rings (SSSR count). The molecule has 0 unspecified atom stereocenters. The summed E-state index contributed by atoms with van der Waals surface area (Å²) in [5, 5.41) is 44.8. The van der Waals surface area contributed by atoms with Gasteiger partial charge in [-0.3, -0.25) is 71.9 Å². The molecule has 3 aliphatic rings. The largest absolute Gasteiger partial charge is 0.508 e. The number of nitrogens with one attached hydrogen (secondary N) is 10. The summed E-state index contributed by atoms with van der Waals surface area (Å²) < 4.78 is 5.71. The highest BCUT2D eigenvalue weighted by Gasteiger charge is 2.46. The number of benzene rings is 3. The van der Waals surface area contributed by atoms with Crippen LogP contribution >= 0.6 is 0 Å². The predicted molar refractivity (Wildman–Crippen MR) is 457 cm³/mol. The van der Waals surface area contributed by atoms with E-state index in [1.807, 2.05) is 70.2 Å². The van der Waals surface area contributed by atoms with E-state index in [1.165, 1.54) is 62.1 Å². The number of hydrogen-bond acceptors (Lipinski definition) is 20. The summed E-state index contributed by atoms with van der Waals surface area (Å²) >= 11 is 0. The minimum atomic E-state index is -1.71. The van der Waals surface area contributed by atoms with E-state index in [9.17, 15) is 53.4 Å². The minimum absolute atomic E-state index is 0.0298. The molecule has 5 aromatic rings. The number of phenols is 1. The molecule has 5 heterocycles. The number of aromatic amines is 2. The number of rotatable bonds is 21.